The Kier molecular flexibility index (Phi) is 3.58. The van der Waals surface area contributed by atoms with E-state index in [-0.39, 0.29) is 0 Å². The summed E-state index contributed by atoms with van der Waals surface area (Å²) in [6.45, 7) is 0.666. The number of rotatable bonds is 4. The first kappa shape index (κ1) is 13.0. The SMILES string of the molecule is CSc1nc2ccnn2c(NCc2cccs2)c1C#N. The van der Waals surface area contributed by atoms with Crippen LogP contribution < -0.4 is 5.32 Å². The van der Waals surface area contributed by atoms with Crippen LogP contribution in [-0.4, -0.2) is 20.9 Å². The van der Waals surface area contributed by atoms with Gasteiger partial charge in [-0.2, -0.15) is 14.9 Å². The molecule has 3 rings (SSSR count). The maximum atomic E-state index is 9.40. The van der Waals surface area contributed by atoms with Gasteiger partial charge in [0, 0.05) is 10.9 Å². The van der Waals surface area contributed by atoms with Crippen LogP contribution in [0, 0.1) is 11.3 Å². The lowest BCUT2D eigenvalue weighted by molar-refractivity contribution is 0.899. The Hall–Kier alpha value is -2.04. The fourth-order valence-electron chi connectivity index (χ4n) is 1.92. The number of anilines is 1. The quantitative estimate of drug-likeness (QED) is 0.593. The van der Waals surface area contributed by atoms with E-state index in [9.17, 15) is 5.26 Å². The molecule has 7 heteroatoms. The lowest BCUT2D eigenvalue weighted by atomic mass is 10.3. The van der Waals surface area contributed by atoms with Gasteiger partial charge in [-0.1, -0.05) is 6.07 Å². The standard InChI is InChI=1S/C13H11N5S2/c1-19-13-10(7-14)12(15-8-9-3-2-6-20-9)18-11(17-13)4-5-16-18/h2-6,15H,8H2,1H3. The number of hydrogen-bond acceptors (Lipinski definition) is 6. The number of nitrogens with zero attached hydrogens (tertiary/aromatic N) is 4. The van der Waals surface area contributed by atoms with Crippen LogP contribution in [-0.2, 0) is 6.54 Å². The van der Waals surface area contributed by atoms with Crippen molar-refractivity contribution in [2.24, 2.45) is 0 Å². The van der Waals surface area contributed by atoms with Crippen LogP contribution in [0.3, 0.4) is 0 Å². The van der Waals surface area contributed by atoms with Gasteiger partial charge in [-0.3, -0.25) is 0 Å². The second kappa shape index (κ2) is 5.53. The van der Waals surface area contributed by atoms with Crippen molar-refractivity contribution in [3.05, 3.63) is 40.2 Å². The van der Waals surface area contributed by atoms with Gasteiger partial charge in [-0.15, -0.1) is 23.1 Å². The predicted molar refractivity (Wildman–Crippen MR) is 81.1 cm³/mol. The Balaban J connectivity index is 2.06. The molecule has 0 saturated carbocycles. The Morgan fingerprint density at radius 2 is 2.40 bits per heavy atom. The van der Waals surface area contributed by atoms with Crippen molar-refractivity contribution in [3.8, 4) is 6.07 Å². The van der Waals surface area contributed by atoms with Gasteiger partial charge in [-0.25, -0.2) is 4.98 Å². The van der Waals surface area contributed by atoms with E-state index >= 15 is 0 Å². The summed E-state index contributed by atoms with van der Waals surface area (Å²) < 4.78 is 1.67. The highest BCUT2D eigenvalue weighted by Gasteiger charge is 2.15. The normalized spacial score (nSPS) is 10.6. The molecular formula is C13H11N5S2. The van der Waals surface area contributed by atoms with Crippen molar-refractivity contribution in [3.63, 3.8) is 0 Å². The zero-order chi connectivity index (χ0) is 13.9. The maximum absolute atomic E-state index is 9.40. The first-order valence-electron chi connectivity index (χ1n) is 5.91. The fraction of sp³-hybridized carbons (Fsp3) is 0.154. The van der Waals surface area contributed by atoms with Gasteiger partial charge in [0.2, 0.25) is 0 Å². The molecule has 0 aliphatic rings. The van der Waals surface area contributed by atoms with Gasteiger partial charge in [0.25, 0.3) is 0 Å². The van der Waals surface area contributed by atoms with E-state index in [2.05, 4.69) is 27.5 Å². The van der Waals surface area contributed by atoms with Crippen LogP contribution in [0.15, 0.2) is 34.8 Å². The fourth-order valence-corrected chi connectivity index (χ4v) is 3.09. The monoisotopic (exact) mass is 301 g/mol. The second-order valence-electron chi connectivity index (χ2n) is 3.99. The zero-order valence-electron chi connectivity index (χ0n) is 10.7. The summed E-state index contributed by atoms with van der Waals surface area (Å²) >= 11 is 3.14. The lowest BCUT2D eigenvalue weighted by Crippen LogP contribution is -2.09. The van der Waals surface area contributed by atoms with Crippen LogP contribution in [0.25, 0.3) is 5.65 Å². The highest BCUT2D eigenvalue weighted by molar-refractivity contribution is 7.98. The van der Waals surface area contributed by atoms with Crippen molar-refractivity contribution in [1.29, 1.82) is 5.26 Å². The first-order chi connectivity index (χ1) is 9.83. The average Bonchev–Trinajstić information content (AvgIpc) is 3.14. The van der Waals surface area contributed by atoms with Gasteiger partial charge in [0.05, 0.1) is 12.7 Å². The summed E-state index contributed by atoms with van der Waals surface area (Å²) in [4.78, 5) is 5.64. The summed E-state index contributed by atoms with van der Waals surface area (Å²) in [5, 5.41) is 19.7. The third-order valence-corrected chi connectivity index (χ3v) is 4.38. The van der Waals surface area contributed by atoms with Gasteiger partial charge in [-0.05, 0) is 17.7 Å². The van der Waals surface area contributed by atoms with Gasteiger partial charge < -0.3 is 5.32 Å². The summed E-state index contributed by atoms with van der Waals surface area (Å²) in [7, 11) is 0. The topological polar surface area (TPSA) is 66.0 Å². The van der Waals surface area contributed by atoms with Crippen LogP contribution in [0.1, 0.15) is 10.4 Å². The lowest BCUT2D eigenvalue weighted by Gasteiger charge is -2.11. The number of aromatic nitrogens is 3. The van der Waals surface area contributed by atoms with E-state index in [1.807, 2.05) is 23.8 Å². The molecule has 0 unspecified atom stereocenters. The van der Waals surface area contributed by atoms with E-state index in [1.165, 1.54) is 16.6 Å². The number of thiophene rings is 1. The molecule has 0 saturated heterocycles. The highest BCUT2D eigenvalue weighted by Crippen LogP contribution is 2.26. The zero-order valence-corrected chi connectivity index (χ0v) is 12.3. The van der Waals surface area contributed by atoms with Crippen molar-refractivity contribution >= 4 is 34.6 Å². The van der Waals surface area contributed by atoms with E-state index < -0.39 is 0 Å². The molecule has 3 aromatic heterocycles. The van der Waals surface area contributed by atoms with Crippen LogP contribution in [0.5, 0.6) is 0 Å². The molecule has 0 fully saturated rings. The number of nitrogens with one attached hydrogen (secondary N) is 1. The molecule has 0 amide bonds. The van der Waals surface area contributed by atoms with E-state index in [0.717, 1.165) is 5.65 Å². The Morgan fingerprint density at radius 3 is 3.10 bits per heavy atom. The predicted octanol–water partition coefficient (Wildman–Crippen LogP) is 3.00. The molecule has 0 aromatic carbocycles. The highest BCUT2D eigenvalue weighted by atomic mass is 32.2. The Bertz CT molecular complexity index is 770. The molecule has 20 heavy (non-hydrogen) atoms. The molecular weight excluding hydrogens is 290 g/mol. The smallest absolute Gasteiger partial charge is 0.158 e. The minimum absolute atomic E-state index is 0.533. The molecule has 0 aliphatic heterocycles. The largest absolute Gasteiger partial charge is 0.364 e. The Morgan fingerprint density at radius 1 is 1.50 bits per heavy atom. The van der Waals surface area contributed by atoms with Gasteiger partial charge >= 0.3 is 0 Å². The number of fused-ring (bicyclic) bond motifs is 1. The van der Waals surface area contributed by atoms with E-state index in [4.69, 9.17) is 0 Å². The second-order valence-corrected chi connectivity index (χ2v) is 5.82. The van der Waals surface area contributed by atoms with Crippen molar-refractivity contribution < 1.29 is 0 Å². The summed E-state index contributed by atoms with van der Waals surface area (Å²) in [6, 6.07) is 8.12. The van der Waals surface area contributed by atoms with Crippen molar-refractivity contribution in [2.45, 2.75) is 11.6 Å². The molecule has 3 aromatic rings. The number of thioether (sulfide) groups is 1. The average molecular weight is 301 g/mol. The third kappa shape index (κ3) is 2.24. The van der Waals surface area contributed by atoms with Gasteiger partial charge in [0.15, 0.2) is 11.5 Å². The number of hydrogen-bond donors (Lipinski definition) is 1. The van der Waals surface area contributed by atoms with Crippen LogP contribution in [0.2, 0.25) is 0 Å². The summed E-state index contributed by atoms with van der Waals surface area (Å²) in [6.07, 6.45) is 3.60. The summed E-state index contributed by atoms with van der Waals surface area (Å²) in [5.74, 6) is 0.695. The number of nitriles is 1. The molecule has 0 bridgehead atoms. The third-order valence-electron chi connectivity index (χ3n) is 2.82. The van der Waals surface area contributed by atoms with Crippen molar-refractivity contribution in [1.82, 2.24) is 14.6 Å². The van der Waals surface area contributed by atoms with Gasteiger partial charge in [0.1, 0.15) is 16.7 Å². The maximum Gasteiger partial charge on any atom is 0.158 e. The minimum Gasteiger partial charge on any atom is -0.364 e. The van der Waals surface area contributed by atoms with E-state index in [1.54, 1.807) is 22.0 Å². The summed E-state index contributed by atoms with van der Waals surface area (Å²) in [5.41, 5.74) is 1.27. The molecule has 0 aliphatic carbocycles. The van der Waals surface area contributed by atoms with Crippen molar-refractivity contribution in [2.75, 3.05) is 11.6 Å². The van der Waals surface area contributed by atoms with E-state index in [0.29, 0.717) is 23.0 Å². The molecule has 100 valence electrons. The molecule has 0 atom stereocenters. The molecule has 0 radical (unpaired) electrons. The molecule has 0 spiro atoms. The minimum atomic E-state index is 0.533. The molecule has 1 N–H and O–H groups in total. The molecule has 3 heterocycles. The van der Waals surface area contributed by atoms with Crippen LogP contribution in [0.4, 0.5) is 5.82 Å². The Labute approximate surface area is 124 Å². The molecule has 5 nitrogen and oxygen atoms in total. The van der Waals surface area contributed by atoms with Crippen LogP contribution >= 0.6 is 23.1 Å². The first-order valence-corrected chi connectivity index (χ1v) is 8.02.